The number of alkyl halides is 2. The van der Waals surface area contributed by atoms with Crippen molar-refractivity contribution >= 4 is 28.4 Å². The maximum absolute atomic E-state index is 13.0. The van der Waals surface area contributed by atoms with Crippen LogP contribution in [0.2, 0.25) is 0 Å². The molecule has 0 spiro atoms. The van der Waals surface area contributed by atoms with Crippen molar-refractivity contribution in [3.63, 3.8) is 0 Å². The summed E-state index contributed by atoms with van der Waals surface area (Å²) < 4.78 is 34.4. The van der Waals surface area contributed by atoms with Crippen molar-refractivity contribution in [2.45, 2.75) is 44.7 Å². The minimum absolute atomic E-state index is 0. The van der Waals surface area contributed by atoms with E-state index >= 15 is 0 Å². The standard InChI is InChI=1S/C24H25F2N8O2.Cm/c1-36-22-21-17(15-4-5-18-19(12-15)34(31-29-18)13-20(25)26)8-11-33(21)30-24(28-22)27-16-6-9-32(10-7-16)23(35)14-2-3-14;/h4-5,8,11-12,16,20H,2-3,6-7,9-10,13H2,1H3,(H,27,30);/q-1;. The molecule has 1 aliphatic carbocycles. The molecular weight excluding hydrogens is 717 g/mol. The molecule has 196 valence electrons. The van der Waals surface area contributed by atoms with Gasteiger partial charge in [-0.3, -0.25) is 5.92 Å². The average molecular weight is 743 g/mol. The summed E-state index contributed by atoms with van der Waals surface area (Å²) in [5.41, 5.74) is 3.32. The molecule has 0 atom stereocenters. The first-order valence-corrected chi connectivity index (χ1v) is 12.0. The number of carbonyl (C=O) groups is 1. The Morgan fingerprint density at radius 3 is 2.73 bits per heavy atom. The molecule has 1 amide bonds. The molecule has 1 saturated heterocycles. The Morgan fingerprint density at radius 1 is 1.24 bits per heavy atom. The van der Waals surface area contributed by atoms with Crippen LogP contribution in [0.1, 0.15) is 25.7 Å². The number of nitrogens with one attached hydrogen (secondary N) is 1. The van der Waals surface area contributed by atoms with Crippen LogP contribution in [0.3, 0.4) is 0 Å². The van der Waals surface area contributed by atoms with Gasteiger partial charge >= 0.3 is 0 Å². The van der Waals surface area contributed by atoms with Crippen LogP contribution in [-0.2, 0) is 11.3 Å². The first-order chi connectivity index (χ1) is 17.5. The fraction of sp³-hybridized carbons (Fsp3) is 0.417. The molecule has 4 heterocycles. The van der Waals surface area contributed by atoms with Crippen LogP contribution in [0.4, 0.5) is 14.7 Å². The van der Waals surface area contributed by atoms with Crippen LogP contribution >= 0.6 is 0 Å². The van der Waals surface area contributed by atoms with Gasteiger partial charge in [0.2, 0.25) is 11.8 Å². The largest absolute Gasteiger partial charge is 0.479 e. The van der Waals surface area contributed by atoms with Crippen LogP contribution < -0.4 is 10.1 Å². The summed E-state index contributed by atoms with van der Waals surface area (Å²) in [6, 6.07) is 7.44. The summed E-state index contributed by atoms with van der Waals surface area (Å²) in [4.78, 5) is 18.8. The molecule has 1 N–H and O–H groups in total. The number of piperidine rings is 1. The number of hydrogen-bond donors (Lipinski definition) is 1. The van der Waals surface area contributed by atoms with E-state index in [-0.39, 0.29) is 11.9 Å². The number of halogens is 2. The Morgan fingerprint density at radius 2 is 2.03 bits per heavy atom. The van der Waals surface area contributed by atoms with Gasteiger partial charge in [-0.25, -0.2) is 18.0 Å². The van der Waals surface area contributed by atoms with Gasteiger partial charge in [-0.2, -0.15) is 17.8 Å². The van der Waals surface area contributed by atoms with Gasteiger partial charge in [-0.15, -0.1) is 10.2 Å². The van der Waals surface area contributed by atoms with Gasteiger partial charge in [0.25, 0.3) is 6.43 Å². The van der Waals surface area contributed by atoms with Crippen molar-refractivity contribution in [2.75, 3.05) is 25.5 Å². The van der Waals surface area contributed by atoms with Crippen LogP contribution in [-0.4, -0.2) is 73.1 Å². The number of aromatic nitrogens is 6. The molecule has 10 nitrogen and oxygen atoms in total. The zero-order valence-electron chi connectivity index (χ0n) is 20.0. The minimum Gasteiger partial charge on any atom is -0.479 e. The predicted octanol–water partition coefficient (Wildman–Crippen LogP) is 3.19. The maximum atomic E-state index is 13.0. The summed E-state index contributed by atoms with van der Waals surface area (Å²) in [5, 5.41) is 15.8. The first kappa shape index (κ1) is 23.8. The fourth-order valence-electron chi connectivity index (χ4n) is 4.74. The summed E-state index contributed by atoms with van der Waals surface area (Å²) in [7, 11) is 1.55. The number of anilines is 1. The molecule has 37 heavy (non-hydrogen) atoms. The molecule has 0 unspecified atom stereocenters. The van der Waals surface area contributed by atoms with Gasteiger partial charge in [-0.1, -0.05) is 11.3 Å². The van der Waals surface area contributed by atoms with Crippen LogP contribution in [0, 0.1) is 5.92 Å². The number of likely N-dealkylation sites (tertiary alicyclic amines) is 1. The quantitative estimate of drug-likeness (QED) is 0.291. The van der Waals surface area contributed by atoms with E-state index in [1.807, 2.05) is 23.2 Å². The molecule has 3 aromatic heterocycles. The van der Waals surface area contributed by atoms with Crippen molar-refractivity contribution in [3.05, 3.63) is 36.4 Å². The third-order valence-corrected chi connectivity index (χ3v) is 6.73. The molecular formula is C24H25CmF2N8O2-. The van der Waals surface area contributed by atoms with Gasteiger partial charge < -0.3 is 19.7 Å². The number of fused-ring (bicyclic) bond motifs is 2. The van der Waals surface area contributed by atoms with Gasteiger partial charge in [0.05, 0.1) is 18.5 Å². The second-order valence-electron chi connectivity index (χ2n) is 9.15. The van der Waals surface area contributed by atoms with Gasteiger partial charge in [-0.05, 0) is 36.6 Å². The van der Waals surface area contributed by atoms with E-state index in [0.29, 0.717) is 41.5 Å². The second kappa shape index (κ2) is 9.25. The number of benzene rings is 1. The van der Waals surface area contributed by atoms with E-state index < -0.39 is 13.0 Å². The Balaban J connectivity index is 0.00000280. The number of amides is 1. The van der Waals surface area contributed by atoms with Crippen molar-refractivity contribution in [2.24, 2.45) is 0 Å². The summed E-state index contributed by atoms with van der Waals surface area (Å²) in [6.45, 7) is 0.906. The number of methoxy groups -OCH3 is 1. The number of ether oxygens (including phenoxy) is 1. The average Bonchev–Trinajstić information content (AvgIpc) is 3.54. The number of carbonyl (C=O) groups excluding carboxylic acids is 1. The number of rotatable bonds is 7. The molecule has 0 bridgehead atoms. The molecule has 0 radical (unpaired) electrons. The molecule has 13 heteroatoms. The monoisotopic (exact) mass is 738 g/mol. The normalized spacial score (nSPS) is 15.9. The molecule has 1 saturated carbocycles. The molecule has 2 aliphatic rings. The van der Waals surface area contributed by atoms with Gasteiger partial charge in [0, 0.05) is 30.9 Å². The van der Waals surface area contributed by atoms with Crippen molar-refractivity contribution in [1.82, 2.24) is 34.5 Å². The van der Waals surface area contributed by atoms with Gasteiger partial charge in [0.1, 0.15) is 17.6 Å². The number of nitrogens with zero attached hydrogens (tertiary/aromatic N) is 7. The van der Waals surface area contributed by atoms with E-state index in [1.165, 1.54) is 4.68 Å². The van der Waals surface area contributed by atoms with Crippen LogP contribution in [0.5, 0.6) is 5.88 Å². The summed E-state index contributed by atoms with van der Waals surface area (Å²) in [6.07, 6.45) is 2.80. The van der Waals surface area contributed by atoms with Crippen LogP contribution in [0.15, 0.2) is 30.5 Å². The predicted molar refractivity (Wildman–Crippen MR) is 128 cm³/mol. The zero-order chi connectivity index (χ0) is 24.8. The van der Waals surface area contributed by atoms with E-state index in [1.54, 1.807) is 23.8 Å². The SMILES string of the molecule is COc1nc(NC2CCN(C(=O)[C-]3CC3)CC2)nn2ccc(-c3ccc4nnn(CC(F)F)c4c3)c12.[Cm]. The Bertz CT molecular complexity index is 1430. The van der Waals surface area contributed by atoms with Crippen LogP contribution in [0.25, 0.3) is 27.7 Å². The third kappa shape index (κ3) is 4.41. The molecule has 6 rings (SSSR count). The molecule has 4 aromatic rings. The molecule has 1 aliphatic heterocycles. The van der Waals surface area contributed by atoms with Crippen molar-refractivity contribution < 1.29 is 18.3 Å². The Hall–Kier alpha value is -4.96. The van der Waals surface area contributed by atoms with Gasteiger partial charge in [0.15, 0.2) is 0 Å². The summed E-state index contributed by atoms with van der Waals surface area (Å²) >= 11 is 0. The van der Waals surface area contributed by atoms with Crippen molar-refractivity contribution in [3.8, 4) is 17.0 Å². The topological polar surface area (TPSA) is 102 Å². The van der Waals surface area contributed by atoms with E-state index in [4.69, 9.17) is 4.74 Å². The minimum atomic E-state index is -2.53. The van der Waals surface area contributed by atoms with E-state index in [2.05, 4.69) is 25.7 Å². The third-order valence-electron chi connectivity index (χ3n) is 6.73. The molecule has 1 aromatic carbocycles. The van der Waals surface area contributed by atoms with E-state index in [9.17, 15) is 13.6 Å². The zero-order valence-corrected chi connectivity index (χ0v) is 23.0. The fourth-order valence-corrected chi connectivity index (χ4v) is 4.74. The smallest absolute Gasteiger partial charge is 0.258 e. The maximum Gasteiger partial charge on any atom is 0.258 e. The second-order valence-corrected chi connectivity index (χ2v) is 9.15. The van der Waals surface area contributed by atoms with E-state index in [0.717, 1.165) is 42.7 Å². The Kier molecular flexibility index (Phi) is 5.94. The summed E-state index contributed by atoms with van der Waals surface area (Å²) in [5.74, 6) is 2.08. The van der Waals surface area contributed by atoms with Crippen molar-refractivity contribution in [1.29, 1.82) is 0 Å². The Labute approximate surface area is 205 Å². The molecule has 2 fully saturated rings. The first-order valence-electron chi connectivity index (χ1n) is 12.0. The number of hydrogen-bond acceptors (Lipinski definition) is 7.